The van der Waals surface area contributed by atoms with Gasteiger partial charge >= 0.3 is 0 Å². The molecule has 0 saturated carbocycles. The summed E-state index contributed by atoms with van der Waals surface area (Å²) in [6.07, 6.45) is 32.5. The second-order valence-electron chi connectivity index (χ2n) is 10.4. The van der Waals surface area contributed by atoms with Gasteiger partial charge in [-0.15, -0.1) is 0 Å². The average Bonchev–Trinajstić information content (AvgIpc) is 3.27. The summed E-state index contributed by atoms with van der Waals surface area (Å²) in [5.41, 5.74) is 1.29. The van der Waals surface area contributed by atoms with Gasteiger partial charge in [0.2, 0.25) is 0 Å². The highest BCUT2D eigenvalue weighted by Gasteiger charge is 2.18. The summed E-state index contributed by atoms with van der Waals surface area (Å²) < 4.78 is 4.94. The number of imidazole rings is 1. The van der Waals surface area contributed by atoms with Crippen molar-refractivity contribution in [3.8, 4) is 5.69 Å². The van der Waals surface area contributed by atoms with Gasteiger partial charge in [-0.05, 0) is 31.4 Å². The zero-order chi connectivity index (χ0) is 24.1. The van der Waals surface area contributed by atoms with Gasteiger partial charge in [0.25, 0.3) is 5.82 Å². The lowest BCUT2D eigenvalue weighted by molar-refractivity contribution is -0.704. The second kappa shape index (κ2) is 19.7. The Hall–Kier alpha value is -1.57. The monoisotopic (exact) mass is 467 g/mol. The van der Waals surface area contributed by atoms with Crippen molar-refractivity contribution in [1.29, 1.82) is 0 Å². The van der Waals surface area contributed by atoms with Gasteiger partial charge in [0, 0.05) is 6.42 Å². The highest BCUT2D eigenvalue weighted by molar-refractivity contribution is 5.31. The lowest BCUT2D eigenvalue weighted by Gasteiger charge is -2.06. The van der Waals surface area contributed by atoms with E-state index in [1.807, 2.05) is 0 Å². The van der Waals surface area contributed by atoms with Crippen molar-refractivity contribution < 1.29 is 4.57 Å². The lowest BCUT2D eigenvalue weighted by atomic mass is 10.0. The van der Waals surface area contributed by atoms with Gasteiger partial charge < -0.3 is 0 Å². The molecular formula is C32H55N2+. The van der Waals surface area contributed by atoms with Crippen LogP contribution in [-0.4, -0.2) is 4.57 Å². The Morgan fingerprint density at radius 3 is 1.56 bits per heavy atom. The van der Waals surface area contributed by atoms with Gasteiger partial charge in [-0.25, -0.2) is 4.57 Å². The lowest BCUT2D eigenvalue weighted by Crippen LogP contribution is -2.37. The summed E-state index contributed by atoms with van der Waals surface area (Å²) in [6, 6.07) is 10.9. The minimum Gasteiger partial charge on any atom is -0.234 e. The zero-order valence-electron chi connectivity index (χ0n) is 22.8. The summed E-state index contributed by atoms with van der Waals surface area (Å²) in [5.74, 6) is 1.48. The predicted octanol–water partition coefficient (Wildman–Crippen LogP) is 9.76. The van der Waals surface area contributed by atoms with Crippen molar-refractivity contribution in [3.05, 3.63) is 48.5 Å². The molecule has 2 rings (SSSR count). The van der Waals surface area contributed by atoms with E-state index < -0.39 is 0 Å². The Labute approximate surface area is 212 Å². The molecule has 0 saturated heterocycles. The van der Waals surface area contributed by atoms with E-state index in [0.717, 1.165) is 0 Å². The van der Waals surface area contributed by atoms with E-state index in [0.29, 0.717) is 0 Å². The molecule has 0 N–H and O–H groups in total. The van der Waals surface area contributed by atoms with Crippen LogP contribution in [0.1, 0.15) is 142 Å². The van der Waals surface area contributed by atoms with Crippen LogP contribution in [0.25, 0.3) is 5.69 Å². The molecule has 0 atom stereocenters. The summed E-state index contributed by atoms with van der Waals surface area (Å²) in [5, 5.41) is 0. The summed E-state index contributed by atoms with van der Waals surface area (Å²) in [4.78, 5) is 0. The molecule has 0 aliphatic heterocycles. The third-order valence-corrected chi connectivity index (χ3v) is 7.30. The molecule has 2 aromatic rings. The average molecular weight is 468 g/mol. The first-order valence-corrected chi connectivity index (χ1v) is 15.0. The molecule has 0 aliphatic carbocycles. The molecule has 34 heavy (non-hydrogen) atoms. The predicted molar refractivity (Wildman–Crippen MR) is 149 cm³/mol. The third-order valence-electron chi connectivity index (χ3n) is 7.30. The molecule has 0 radical (unpaired) electrons. The van der Waals surface area contributed by atoms with E-state index in [1.165, 1.54) is 146 Å². The van der Waals surface area contributed by atoms with Gasteiger partial charge in [0.15, 0.2) is 0 Å². The minimum atomic E-state index is 1.17. The van der Waals surface area contributed by atoms with Gasteiger partial charge in [-0.1, -0.05) is 135 Å². The van der Waals surface area contributed by atoms with E-state index in [4.69, 9.17) is 0 Å². The Kier molecular flexibility index (Phi) is 16.6. The van der Waals surface area contributed by atoms with Crippen LogP contribution in [0.3, 0.4) is 0 Å². The number of nitrogens with zero attached hydrogens (tertiary/aromatic N) is 2. The Morgan fingerprint density at radius 2 is 1.03 bits per heavy atom. The first-order valence-electron chi connectivity index (χ1n) is 15.0. The van der Waals surface area contributed by atoms with Crippen molar-refractivity contribution in [2.75, 3.05) is 0 Å². The van der Waals surface area contributed by atoms with Crippen LogP contribution in [0, 0.1) is 0 Å². The molecule has 1 aromatic heterocycles. The fourth-order valence-electron chi connectivity index (χ4n) is 5.11. The normalized spacial score (nSPS) is 11.4. The van der Waals surface area contributed by atoms with Crippen molar-refractivity contribution in [2.45, 2.75) is 149 Å². The van der Waals surface area contributed by atoms with E-state index in [1.54, 1.807) is 0 Å². The SMILES string of the molecule is CCCCCCCCCCCCCCCCC[n+]1ccn(-c2ccccc2)c1CCCCCC. The van der Waals surface area contributed by atoms with Gasteiger partial charge in [-0.3, -0.25) is 0 Å². The van der Waals surface area contributed by atoms with Crippen LogP contribution < -0.4 is 4.57 Å². The number of para-hydroxylation sites is 1. The maximum Gasteiger partial charge on any atom is 0.261 e. The highest BCUT2D eigenvalue weighted by Crippen LogP contribution is 2.15. The van der Waals surface area contributed by atoms with Gasteiger partial charge in [-0.2, -0.15) is 4.57 Å². The number of hydrogen-bond acceptors (Lipinski definition) is 0. The smallest absolute Gasteiger partial charge is 0.234 e. The number of aromatic nitrogens is 2. The van der Waals surface area contributed by atoms with Crippen molar-refractivity contribution >= 4 is 0 Å². The molecular weight excluding hydrogens is 412 g/mol. The largest absolute Gasteiger partial charge is 0.261 e. The van der Waals surface area contributed by atoms with Crippen LogP contribution in [0.5, 0.6) is 0 Å². The first kappa shape index (κ1) is 28.7. The fourth-order valence-corrected chi connectivity index (χ4v) is 5.11. The molecule has 1 heterocycles. The molecule has 0 fully saturated rings. The molecule has 0 unspecified atom stereocenters. The number of rotatable bonds is 22. The first-order chi connectivity index (χ1) is 16.9. The van der Waals surface area contributed by atoms with Gasteiger partial charge in [0.05, 0.1) is 6.54 Å². The highest BCUT2D eigenvalue weighted by atomic mass is 15.1. The molecule has 0 bridgehead atoms. The maximum absolute atomic E-state index is 2.53. The van der Waals surface area contributed by atoms with E-state index >= 15 is 0 Å². The summed E-state index contributed by atoms with van der Waals surface area (Å²) in [7, 11) is 0. The quantitative estimate of drug-likeness (QED) is 0.120. The Balaban J connectivity index is 1.58. The van der Waals surface area contributed by atoms with Crippen LogP contribution in [0.2, 0.25) is 0 Å². The molecule has 2 nitrogen and oxygen atoms in total. The maximum atomic E-state index is 2.53. The molecule has 0 aliphatic rings. The number of unbranched alkanes of at least 4 members (excludes halogenated alkanes) is 17. The minimum absolute atomic E-state index is 1.17. The number of aryl methyl sites for hydroxylation is 1. The third kappa shape index (κ3) is 12.2. The Morgan fingerprint density at radius 1 is 0.559 bits per heavy atom. The number of benzene rings is 1. The van der Waals surface area contributed by atoms with Crippen LogP contribution in [0.4, 0.5) is 0 Å². The van der Waals surface area contributed by atoms with E-state index in [2.05, 4.69) is 65.7 Å². The fraction of sp³-hybridized carbons (Fsp3) is 0.719. The van der Waals surface area contributed by atoms with Crippen molar-refractivity contribution in [2.24, 2.45) is 0 Å². The topological polar surface area (TPSA) is 8.81 Å². The molecule has 0 spiro atoms. The molecule has 2 heteroatoms. The molecule has 192 valence electrons. The number of hydrogen-bond donors (Lipinski definition) is 0. The standard InChI is InChI=1S/C32H55N2/c1-3-5-7-9-10-11-12-13-14-15-16-17-18-19-24-28-33-29-30-34(31-25-21-20-22-26-31)32(33)27-23-8-6-4-2/h20-22,25-26,29-30H,3-19,23-24,27-28H2,1-2H3/q+1. The molecule has 1 aromatic carbocycles. The molecule has 0 amide bonds. The van der Waals surface area contributed by atoms with Crippen molar-refractivity contribution in [1.82, 2.24) is 4.57 Å². The van der Waals surface area contributed by atoms with Crippen molar-refractivity contribution in [3.63, 3.8) is 0 Å². The second-order valence-corrected chi connectivity index (χ2v) is 10.4. The van der Waals surface area contributed by atoms with Crippen LogP contribution in [-0.2, 0) is 13.0 Å². The zero-order valence-corrected chi connectivity index (χ0v) is 22.8. The Bertz CT molecular complexity index is 703. The van der Waals surface area contributed by atoms with Gasteiger partial charge in [0.1, 0.15) is 18.1 Å². The van der Waals surface area contributed by atoms with Crippen LogP contribution in [0.15, 0.2) is 42.7 Å². The van der Waals surface area contributed by atoms with Crippen LogP contribution >= 0.6 is 0 Å². The summed E-state index contributed by atoms with van der Waals surface area (Å²) in [6.45, 7) is 5.76. The van der Waals surface area contributed by atoms with E-state index in [-0.39, 0.29) is 0 Å². The summed E-state index contributed by atoms with van der Waals surface area (Å²) >= 11 is 0. The van der Waals surface area contributed by atoms with E-state index in [9.17, 15) is 0 Å².